The van der Waals surface area contributed by atoms with Gasteiger partial charge in [0.25, 0.3) is 0 Å². The Morgan fingerprint density at radius 2 is 2.11 bits per heavy atom. The van der Waals surface area contributed by atoms with E-state index < -0.39 is 15.6 Å². The second-order valence-electron chi connectivity index (χ2n) is 4.54. The number of rotatable bonds is 4. The fourth-order valence-electron chi connectivity index (χ4n) is 1.20. The van der Waals surface area contributed by atoms with Gasteiger partial charge in [0.1, 0.15) is 11.0 Å². The van der Waals surface area contributed by atoms with Crippen LogP contribution in [0.1, 0.15) is 19.4 Å². The highest BCUT2D eigenvalue weighted by atomic mass is 35.5. The maximum absolute atomic E-state index is 12.0. The fraction of sp³-hybridized carbons (Fsp3) is 0.364. The third kappa shape index (κ3) is 3.68. The smallest absolute Gasteiger partial charge is 0.242 e. The van der Waals surface area contributed by atoms with Gasteiger partial charge in [-0.25, -0.2) is 13.1 Å². The lowest BCUT2D eigenvalue weighted by Gasteiger charge is -2.19. The SMILES string of the molecule is CC(C)(N)CNS(=O)(=O)c1cccc(Cl)c1C#N. The van der Waals surface area contributed by atoms with Crippen LogP contribution in [0.5, 0.6) is 0 Å². The Labute approximate surface area is 112 Å². The van der Waals surface area contributed by atoms with Gasteiger partial charge >= 0.3 is 0 Å². The van der Waals surface area contributed by atoms with Crippen molar-refractivity contribution < 1.29 is 8.42 Å². The number of benzene rings is 1. The highest BCUT2D eigenvalue weighted by Gasteiger charge is 2.22. The third-order valence-electron chi connectivity index (χ3n) is 2.09. The molecule has 1 aromatic carbocycles. The van der Waals surface area contributed by atoms with E-state index in [1.807, 2.05) is 0 Å². The molecule has 0 saturated carbocycles. The summed E-state index contributed by atoms with van der Waals surface area (Å²) in [5.74, 6) is 0. The molecule has 0 aromatic heterocycles. The molecular weight excluding hydrogens is 274 g/mol. The average Bonchev–Trinajstić information content (AvgIpc) is 2.25. The van der Waals surface area contributed by atoms with Gasteiger partial charge in [0.15, 0.2) is 0 Å². The van der Waals surface area contributed by atoms with Crippen molar-refractivity contribution in [2.75, 3.05) is 6.54 Å². The molecule has 0 saturated heterocycles. The number of halogens is 1. The van der Waals surface area contributed by atoms with Crippen molar-refractivity contribution in [2.45, 2.75) is 24.3 Å². The zero-order valence-corrected chi connectivity index (χ0v) is 11.6. The molecular formula is C11H14ClN3O2S. The quantitative estimate of drug-likeness (QED) is 0.870. The van der Waals surface area contributed by atoms with Gasteiger partial charge in [0.05, 0.1) is 10.6 Å². The van der Waals surface area contributed by atoms with E-state index >= 15 is 0 Å². The first-order chi connectivity index (χ1) is 8.17. The maximum Gasteiger partial charge on any atom is 0.242 e. The largest absolute Gasteiger partial charge is 0.324 e. The van der Waals surface area contributed by atoms with Gasteiger partial charge in [0, 0.05) is 12.1 Å². The number of sulfonamides is 1. The average molecular weight is 288 g/mol. The summed E-state index contributed by atoms with van der Waals surface area (Å²) in [6, 6.07) is 6.06. The number of hydrogen-bond donors (Lipinski definition) is 2. The first-order valence-corrected chi connectivity index (χ1v) is 7.01. The van der Waals surface area contributed by atoms with Crippen molar-refractivity contribution in [1.82, 2.24) is 4.72 Å². The van der Waals surface area contributed by atoms with E-state index in [2.05, 4.69) is 4.72 Å². The minimum atomic E-state index is -3.80. The van der Waals surface area contributed by atoms with Gasteiger partial charge < -0.3 is 5.73 Å². The molecule has 0 spiro atoms. The van der Waals surface area contributed by atoms with Crippen LogP contribution in [0.15, 0.2) is 23.1 Å². The second kappa shape index (κ2) is 5.24. The van der Waals surface area contributed by atoms with Crippen LogP contribution in [-0.4, -0.2) is 20.5 Å². The Hall–Kier alpha value is -1.13. The molecule has 0 amide bonds. The maximum atomic E-state index is 12.0. The Balaban J connectivity index is 3.15. The molecule has 0 radical (unpaired) electrons. The van der Waals surface area contributed by atoms with Gasteiger partial charge in [-0.3, -0.25) is 0 Å². The van der Waals surface area contributed by atoms with Gasteiger partial charge in [0.2, 0.25) is 10.0 Å². The van der Waals surface area contributed by atoms with E-state index in [0.29, 0.717) is 0 Å². The lowest BCUT2D eigenvalue weighted by Crippen LogP contribution is -2.45. The topological polar surface area (TPSA) is 96.0 Å². The van der Waals surface area contributed by atoms with Crippen molar-refractivity contribution in [3.05, 3.63) is 28.8 Å². The van der Waals surface area contributed by atoms with E-state index in [1.165, 1.54) is 18.2 Å². The Morgan fingerprint density at radius 1 is 1.50 bits per heavy atom. The van der Waals surface area contributed by atoms with Crippen LogP contribution in [0, 0.1) is 11.3 Å². The van der Waals surface area contributed by atoms with E-state index in [0.717, 1.165) is 0 Å². The molecule has 5 nitrogen and oxygen atoms in total. The van der Waals surface area contributed by atoms with Crippen molar-refractivity contribution in [2.24, 2.45) is 5.73 Å². The molecule has 0 atom stereocenters. The van der Waals surface area contributed by atoms with E-state index in [9.17, 15) is 8.42 Å². The van der Waals surface area contributed by atoms with Gasteiger partial charge in [-0.2, -0.15) is 5.26 Å². The molecule has 1 aromatic rings. The summed E-state index contributed by atoms with van der Waals surface area (Å²) < 4.78 is 26.4. The molecule has 0 aliphatic rings. The summed E-state index contributed by atoms with van der Waals surface area (Å²) in [5.41, 5.74) is 4.95. The summed E-state index contributed by atoms with van der Waals surface area (Å²) in [6.07, 6.45) is 0. The second-order valence-corrected chi connectivity index (χ2v) is 6.68. The molecule has 1 rings (SSSR count). The zero-order chi connectivity index (χ0) is 14.0. The number of hydrogen-bond acceptors (Lipinski definition) is 4. The van der Waals surface area contributed by atoms with Crippen molar-refractivity contribution in [3.8, 4) is 6.07 Å². The Bertz CT molecular complexity index is 585. The Kier molecular flexibility index (Phi) is 4.35. The summed E-state index contributed by atoms with van der Waals surface area (Å²) in [7, 11) is -3.80. The number of nitrogens with one attached hydrogen (secondary N) is 1. The zero-order valence-electron chi connectivity index (χ0n) is 10.1. The van der Waals surface area contributed by atoms with Crippen LogP contribution >= 0.6 is 11.6 Å². The first kappa shape index (κ1) is 14.9. The first-order valence-electron chi connectivity index (χ1n) is 5.14. The number of nitriles is 1. The highest BCUT2D eigenvalue weighted by Crippen LogP contribution is 2.22. The fourth-order valence-corrected chi connectivity index (χ4v) is 2.87. The molecule has 18 heavy (non-hydrogen) atoms. The van der Waals surface area contributed by atoms with E-state index in [-0.39, 0.29) is 22.0 Å². The molecule has 0 aliphatic heterocycles. The minimum Gasteiger partial charge on any atom is -0.324 e. The van der Waals surface area contributed by atoms with Crippen molar-refractivity contribution in [3.63, 3.8) is 0 Å². The van der Waals surface area contributed by atoms with Crippen LogP contribution in [0.2, 0.25) is 5.02 Å². The lowest BCUT2D eigenvalue weighted by atomic mass is 10.1. The summed E-state index contributed by atoms with van der Waals surface area (Å²) in [5, 5.41) is 9.04. The van der Waals surface area contributed by atoms with Gasteiger partial charge in [-0.05, 0) is 26.0 Å². The van der Waals surface area contributed by atoms with Crippen molar-refractivity contribution >= 4 is 21.6 Å². The normalized spacial score (nSPS) is 12.2. The highest BCUT2D eigenvalue weighted by molar-refractivity contribution is 7.89. The molecule has 3 N–H and O–H groups in total. The standard InChI is InChI=1S/C11H14ClN3O2S/c1-11(2,14)7-15-18(16,17)10-5-3-4-9(12)8(10)6-13/h3-5,15H,7,14H2,1-2H3. The van der Waals surface area contributed by atoms with Crippen LogP contribution in [0.3, 0.4) is 0 Å². The molecule has 0 fully saturated rings. The molecule has 7 heteroatoms. The molecule has 0 unspecified atom stereocenters. The van der Waals surface area contributed by atoms with Crippen molar-refractivity contribution in [1.29, 1.82) is 5.26 Å². The predicted molar refractivity (Wildman–Crippen MR) is 69.6 cm³/mol. The van der Waals surface area contributed by atoms with Crippen LogP contribution in [0.4, 0.5) is 0 Å². The van der Waals surface area contributed by atoms with Crippen LogP contribution in [-0.2, 0) is 10.0 Å². The monoisotopic (exact) mass is 287 g/mol. The molecule has 0 heterocycles. The number of nitrogens with zero attached hydrogens (tertiary/aromatic N) is 1. The van der Waals surface area contributed by atoms with E-state index in [4.69, 9.17) is 22.6 Å². The van der Waals surface area contributed by atoms with Gasteiger partial charge in [-0.1, -0.05) is 17.7 Å². The molecule has 98 valence electrons. The van der Waals surface area contributed by atoms with Crippen LogP contribution in [0.25, 0.3) is 0 Å². The number of nitrogens with two attached hydrogens (primary N) is 1. The Morgan fingerprint density at radius 3 is 2.61 bits per heavy atom. The van der Waals surface area contributed by atoms with Crippen LogP contribution < -0.4 is 10.5 Å². The van der Waals surface area contributed by atoms with E-state index in [1.54, 1.807) is 19.9 Å². The summed E-state index contributed by atoms with van der Waals surface area (Å²) >= 11 is 5.79. The predicted octanol–water partition coefficient (Wildman–Crippen LogP) is 1.23. The summed E-state index contributed by atoms with van der Waals surface area (Å²) in [6.45, 7) is 3.45. The lowest BCUT2D eigenvalue weighted by molar-refractivity contribution is 0.498. The molecule has 0 aliphatic carbocycles. The van der Waals surface area contributed by atoms with Gasteiger partial charge in [-0.15, -0.1) is 0 Å². The summed E-state index contributed by atoms with van der Waals surface area (Å²) in [4.78, 5) is -0.137. The third-order valence-corrected chi connectivity index (χ3v) is 3.85. The molecule has 0 bridgehead atoms. The minimum absolute atomic E-state index is 0.0622.